The zero-order valence-corrected chi connectivity index (χ0v) is 10.8. The molecule has 94 valence electrons. The topological polar surface area (TPSA) is 24.5 Å². The average molecular weight is 234 g/mol. The fourth-order valence-corrected chi connectivity index (χ4v) is 2.30. The lowest BCUT2D eigenvalue weighted by atomic mass is 10.1. The van der Waals surface area contributed by atoms with E-state index >= 15 is 0 Å². The summed E-state index contributed by atoms with van der Waals surface area (Å²) in [4.78, 5) is 2.54. The normalized spacial score (nSPS) is 22.1. The van der Waals surface area contributed by atoms with E-state index in [9.17, 15) is 0 Å². The van der Waals surface area contributed by atoms with Crippen molar-refractivity contribution in [3.63, 3.8) is 0 Å². The Bertz CT molecular complexity index is 354. The fourth-order valence-electron chi connectivity index (χ4n) is 2.30. The van der Waals surface area contributed by atoms with Gasteiger partial charge in [-0.2, -0.15) is 0 Å². The van der Waals surface area contributed by atoms with Crippen LogP contribution in [0.1, 0.15) is 18.9 Å². The fraction of sp³-hybridized carbons (Fsp3) is 0.571. The van der Waals surface area contributed by atoms with Crippen LogP contribution in [-0.2, 0) is 6.54 Å². The Hall–Kier alpha value is -1.06. The molecule has 1 atom stereocenters. The third-order valence-corrected chi connectivity index (χ3v) is 3.46. The molecule has 1 heterocycles. The molecular formula is C14H22N2O. The van der Waals surface area contributed by atoms with Gasteiger partial charge in [-0.15, -0.1) is 0 Å². The van der Waals surface area contributed by atoms with Crippen molar-refractivity contribution in [1.29, 1.82) is 0 Å². The molecule has 17 heavy (non-hydrogen) atoms. The van der Waals surface area contributed by atoms with Crippen molar-refractivity contribution in [2.75, 3.05) is 26.7 Å². The van der Waals surface area contributed by atoms with Gasteiger partial charge in [0.2, 0.25) is 0 Å². The third kappa shape index (κ3) is 3.45. The Balaban J connectivity index is 2.02. The first-order valence-electron chi connectivity index (χ1n) is 6.37. The van der Waals surface area contributed by atoms with E-state index in [4.69, 9.17) is 4.74 Å². The van der Waals surface area contributed by atoms with E-state index in [2.05, 4.69) is 35.3 Å². The second-order valence-corrected chi connectivity index (χ2v) is 4.71. The van der Waals surface area contributed by atoms with Crippen LogP contribution in [-0.4, -0.2) is 37.7 Å². The molecule has 1 saturated heterocycles. The molecular weight excluding hydrogens is 212 g/mol. The minimum absolute atomic E-state index is 0.649. The lowest BCUT2D eigenvalue weighted by Gasteiger charge is -2.26. The monoisotopic (exact) mass is 234 g/mol. The minimum atomic E-state index is 0.649. The van der Waals surface area contributed by atoms with Gasteiger partial charge in [0, 0.05) is 25.7 Å². The molecule has 0 spiro atoms. The van der Waals surface area contributed by atoms with Crippen LogP contribution in [0.4, 0.5) is 0 Å². The summed E-state index contributed by atoms with van der Waals surface area (Å²) in [5.41, 5.74) is 1.33. The van der Waals surface area contributed by atoms with Crippen LogP contribution >= 0.6 is 0 Å². The van der Waals surface area contributed by atoms with Gasteiger partial charge in [0.15, 0.2) is 0 Å². The molecule has 0 bridgehead atoms. The van der Waals surface area contributed by atoms with E-state index < -0.39 is 0 Å². The Kier molecular flexibility index (Phi) is 4.40. The maximum atomic E-state index is 5.26. The first kappa shape index (κ1) is 12.4. The summed E-state index contributed by atoms with van der Waals surface area (Å²) in [6.45, 7) is 6.68. The van der Waals surface area contributed by atoms with Crippen molar-refractivity contribution in [3.8, 4) is 5.75 Å². The molecule has 3 heteroatoms. The molecule has 3 nitrogen and oxygen atoms in total. The Morgan fingerprint density at radius 1 is 1.41 bits per heavy atom. The highest BCUT2D eigenvalue weighted by atomic mass is 16.5. The Morgan fingerprint density at radius 3 is 3.12 bits per heavy atom. The quantitative estimate of drug-likeness (QED) is 0.864. The maximum absolute atomic E-state index is 5.26. The number of benzene rings is 1. The van der Waals surface area contributed by atoms with Gasteiger partial charge >= 0.3 is 0 Å². The number of hydrogen-bond donors (Lipinski definition) is 1. The number of ether oxygens (including phenoxy) is 1. The van der Waals surface area contributed by atoms with Crippen LogP contribution in [0.3, 0.4) is 0 Å². The standard InChI is InChI=1S/C14H22N2O/c1-12-6-7-15-8-9-16(12)11-13-4-3-5-14(10-13)17-2/h3-5,10,12,15H,6-9,11H2,1-2H3. The van der Waals surface area contributed by atoms with Crippen LogP contribution in [0.25, 0.3) is 0 Å². The number of methoxy groups -OCH3 is 1. The molecule has 1 aliphatic heterocycles. The maximum Gasteiger partial charge on any atom is 0.119 e. The zero-order chi connectivity index (χ0) is 12.1. The third-order valence-electron chi connectivity index (χ3n) is 3.46. The number of nitrogens with one attached hydrogen (secondary N) is 1. The van der Waals surface area contributed by atoms with Gasteiger partial charge in [0.05, 0.1) is 7.11 Å². The van der Waals surface area contributed by atoms with Crippen molar-refractivity contribution in [2.45, 2.75) is 25.9 Å². The molecule has 1 aromatic carbocycles. The second kappa shape index (κ2) is 6.03. The van der Waals surface area contributed by atoms with Crippen LogP contribution in [0, 0.1) is 0 Å². The Labute approximate surface area is 104 Å². The summed E-state index contributed by atoms with van der Waals surface area (Å²) in [5, 5.41) is 3.45. The molecule has 0 aliphatic carbocycles. The highest BCUT2D eigenvalue weighted by Gasteiger charge is 2.16. The molecule has 1 unspecified atom stereocenters. The summed E-state index contributed by atoms with van der Waals surface area (Å²) in [6.07, 6.45) is 1.23. The van der Waals surface area contributed by atoms with Gasteiger partial charge in [0.1, 0.15) is 5.75 Å². The summed E-state index contributed by atoms with van der Waals surface area (Å²) in [5.74, 6) is 0.947. The van der Waals surface area contributed by atoms with Crippen LogP contribution in [0.2, 0.25) is 0 Å². The largest absolute Gasteiger partial charge is 0.497 e. The number of hydrogen-bond acceptors (Lipinski definition) is 3. The molecule has 2 rings (SSSR count). The molecule has 0 saturated carbocycles. The Morgan fingerprint density at radius 2 is 2.29 bits per heavy atom. The summed E-state index contributed by atoms with van der Waals surface area (Å²) >= 11 is 0. The molecule has 1 fully saturated rings. The van der Waals surface area contributed by atoms with Crippen LogP contribution in [0.5, 0.6) is 5.75 Å². The van der Waals surface area contributed by atoms with Gasteiger partial charge < -0.3 is 10.1 Å². The average Bonchev–Trinajstić information content (AvgIpc) is 2.55. The molecule has 1 aliphatic rings. The van der Waals surface area contributed by atoms with Gasteiger partial charge in [-0.25, -0.2) is 0 Å². The lowest BCUT2D eigenvalue weighted by molar-refractivity contribution is 0.211. The van der Waals surface area contributed by atoms with Crippen molar-refractivity contribution in [3.05, 3.63) is 29.8 Å². The first-order valence-corrected chi connectivity index (χ1v) is 6.37. The zero-order valence-electron chi connectivity index (χ0n) is 10.8. The molecule has 0 aromatic heterocycles. The molecule has 0 radical (unpaired) electrons. The van der Waals surface area contributed by atoms with E-state index in [1.165, 1.54) is 12.0 Å². The van der Waals surface area contributed by atoms with E-state index in [0.717, 1.165) is 31.9 Å². The van der Waals surface area contributed by atoms with Crippen molar-refractivity contribution >= 4 is 0 Å². The predicted octanol–water partition coefficient (Wildman–Crippen LogP) is 1.88. The van der Waals surface area contributed by atoms with E-state index in [-0.39, 0.29) is 0 Å². The predicted molar refractivity (Wildman–Crippen MR) is 70.4 cm³/mol. The number of nitrogens with zero attached hydrogens (tertiary/aromatic N) is 1. The molecule has 1 N–H and O–H groups in total. The van der Waals surface area contributed by atoms with E-state index in [1.807, 2.05) is 6.07 Å². The first-order chi connectivity index (χ1) is 8.29. The highest BCUT2D eigenvalue weighted by molar-refractivity contribution is 5.28. The van der Waals surface area contributed by atoms with Crippen molar-refractivity contribution in [1.82, 2.24) is 10.2 Å². The van der Waals surface area contributed by atoms with Crippen molar-refractivity contribution in [2.24, 2.45) is 0 Å². The van der Waals surface area contributed by atoms with Crippen LogP contribution < -0.4 is 10.1 Å². The summed E-state index contributed by atoms with van der Waals surface area (Å²) in [6, 6.07) is 9.01. The van der Waals surface area contributed by atoms with Crippen LogP contribution in [0.15, 0.2) is 24.3 Å². The number of rotatable bonds is 3. The highest BCUT2D eigenvalue weighted by Crippen LogP contribution is 2.16. The van der Waals surface area contributed by atoms with E-state index in [1.54, 1.807) is 7.11 Å². The van der Waals surface area contributed by atoms with Gasteiger partial charge in [-0.05, 0) is 37.6 Å². The second-order valence-electron chi connectivity index (χ2n) is 4.71. The SMILES string of the molecule is COc1cccc(CN2CCNCCC2C)c1. The summed E-state index contributed by atoms with van der Waals surface area (Å²) in [7, 11) is 1.72. The summed E-state index contributed by atoms with van der Waals surface area (Å²) < 4.78 is 5.26. The van der Waals surface area contributed by atoms with Gasteiger partial charge in [-0.1, -0.05) is 12.1 Å². The van der Waals surface area contributed by atoms with Gasteiger partial charge in [0.25, 0.3) is 0 Å². The lowest BCUT2D eigenvalue weighted by Crippen LogP contribution is -2.33. The minimum Gasteiger partial charge on any atom is -0.497 e. The van der Waals surface area contributed by atoms with Gasteiger partial charge in [-0.3, -0.25) is 4.90 Å². The van der Waals surface area contributed by atoms with Crippen molar-refractivity contribution < 1.29 is 4.74 Å². The smallest absolute Gasteiger partial charge is 0.119 e. The molecule has 0 amide bonds. The molecule has 1 aromatic rings. The van der Waals surface area contributed by atoms with E-state index in [0.29, 0.717) is 6.04 Å².